The maximum atomic E-state index is 12.3. The van der Waals surface area contributed by atoms with Crippen LogP contribution in [-0.2, 0) is 11.2 Å². The van der Waals surface area contributed by atoms with Gasteiger partial charge in [0.05, 0.1) is 17.1 Å². The van der Waals surface area contributed by atoms with Crippen molar-refractivity contribution >= 4 is 17.2 Å². The molecule has 0 atom stereocenters. The van der Waals surface area contributed by atoms with Crippen LogP contribution in [0.1, 0.15) is 90.8 Å². The van der Waals surface area contributed by atoms with Crippen molar-refractivity contribution in [1.29, 1.82) is 0 Å². The van der Waals surface area contributed by atoms with Gasteiger partial charge in [-0.2, -0.15) is 0 Å². The Bertz CT molecular complexity index is 889. The third-order valence-electron chi connectivity index (χ3n) is 7.69. The van der Waals surface area contributed by atoms with E-state index in [4.69, 9.17) is 4.52 Å². The molecular weight excluding hydrogens is 420 g/mol. The van der Waals surface area contributed by atoms with Crippen LogP contribution in [0.25, 0.3) is 0 Å². The predicted octanol–water partition coefficient (Wildman–Crippen LogP) is 4.80. The van der Waals surface area contributed by atoms with E-state index in [9.17, 15) is 4.79 Å². The molecule has 2 aromatic rings. The summed E-state index contributed by atoms with van der Waals surface area (Å²) in [5.41, 5.74) is 2.66. The molecule has 32 heavy (non-hydrogen) atoms. The molecular formula is C25H36N4O2S. The smallest absolute Gasteiger partial charge is 0.225 e. The van der Waals surface area contributed by atoms with Gasteiger partial charge in [0, 0.05) is 28.6 Å². The Morgan fingerprint density at radius 3 is 2.59 bits per heavy atom. The highest BCUT2D eigenvalue weighted by Crippen LogP contribution is 2.44. The quantitative estimate of drug-likeness (QED) is 0.618. The van der Waals surface area contributed by atoms with Crippen LogP contribution in [0.2, 0.25) is 0 Å². The maximum Gasteiger partial charge on any atom is 0.225 e. The van der Waals surface area contributed by atoms with Crippen LogP contribution in [0, 0.1) is 12.8 Å². The molecule has 2 aromatic heterocycles. The lowest BCUT2D eigenvalue weighted by Crippen LogP contribution is -2.39. The van der Waals surface area contributed by atoms with E-state index < -0.39 is 0 Å². The molecule has 0 bridgehead atoms. The molecule has 7 heteroatoms. The molecule has 5 rings (SSSR count). The van der Waals surface area contributed by atoms with Gasteiger partial charge in [-0.1, -0.05) is 5.16 Å². The van der Waals surface area contributed by atoms with Gasteiger partial charge in [-0.15, -0.1) is 11.3 Å². The van der Waals surface area contributed by atoms with Gasteiger partial charge in [-0.25, -0.2) is 4.98 Å². The number of amides is 1. The maximum absolute atomic E-state index is 12.3. The number of likely N-dealkylation sites (tertiary alicyclic amines) is 1. The summed E-state index contributed by atoms with van der Waals surface area (Å²) in [6.45, 7) is 5.57. The van der Waals surface area contributed by atoms with E-state index in [1.807, 2.05) is 19.4 Å². The molecule has 1 N–H and O–H groups in total. The fourth-order valence-electron chi connectivity index (χ4n) is 5.58. The minimum atomic E-state index is 0.150. The second-order valence-corrected chi connectivity index (χ2v) is 11.5. The van der Waals surface area contributed by atoms with Crippen molar-refractivity contribution in [1.82, 2.24) is 20.4 Å². The Kier molecular flexibility index (Phi) is 6.93. The highest BCUT2D eigenvalue weighted by Gasteiger charge is 2.33. The Balaban J connectivity index is 0.982. The summed E-state index contributed by atoms with van der Waals surface area (Å²) in [6, 6.07) is 0.353. The zero-order valence-electron chi connectivity index (χ0n) is 19.2. The fraction of sp³-hybridized carbons (Fsp3) is 0.720. The Labute approximate surface area is 195 Å². The molecule has 0 aromatic carbocycles. The summed E-state index contributed by atoms with van der Waals surface area (Å²) in [5.74, 6) is 2.28. The molecule has 174 valence electrons. The van der Waals surface area contributed by atoms with Crippen LogP contribution in [0.5, 0.6) is 0 Å². The summed E-state index contributed by atoms with van der Waals surface area (Å²) < 4.78 is 5.32. The van der Waals surface area contributed by atoms with E-state index in [0.29, 0.717) is 18.4 Å². The third kappa shape index (κ3) is 5.60. The molecule has 1 aliphatic heterocycles. The number of rotatable bonds is 8. The zero-order valence-corrected chi connectivity index (χ0v) is 20.0. The summed E-state index contributed by atoms with van der Waals surface area (Å²) in [4.78, 5) is 20.3. The van der Waals surface area contributed by atoms with Gasteiger partial charge >= 0.3 is 0 Å². The number of carbonyl (C=O) groups excluding carboxylic acids is 1. The van der Waals surface area contributed by atoms with E-state index in [0.717, 1.165) is 34.6 Å². The van der Waals surface area contributed by atoms with Gasteiger partial charge in [0.1, 0.15) is 6.26 Å². The SMILES string of the molecule is Cc1ncc(CC(=O)N[C@H]2CC[C@H](CCN3CCC(c4nocc4C4CC4)CC3)CC2)s1. The lowest BCUT2D eigenvalue weighted by molar-refractivity contribution is -0.121. The number of aryl methyl sites for hydroxylation is 1. The third-order valence-corrected chi connectivity index (χ3v) is 8.60. The Hall–Kier alpha value is -1.73. The van der Waals surface area contributed by atoms with E-state index in [-0.39, 0.29) is 5.91 Å². The highest BCUT2D eigenvalue weighted by molar-refractivity contribution is 7.11. The molecule has 2 aliphatic carbocycles. The first-order chi connectivity index (χ1) is 15.6. The number of hydrogen-bond acceptors (Lipinski definition) is 6. The standard InChI is InChI=1S/C25H36N4O2S/c1-17-26-15-22(32-17)14-24(30)27-21-6-2-18(3-7-21)8-11-29-12-9-20(10-13-29)25-23(16-31-28-25)19-4-5-19/h15-16,18-21H,2-14H2,1H3,(H,27,30)/t18-,21-. The molecule has 2 saturated carbocycles. The van der Waals surface area contributed by atoms with Crippen LogP contribution in [-0.4, -0.2) is 46.6 Å². The summed E-state index contributed by atoms with van der Waals surface area (Å²) in [6.07, 6.45) is 15.3. The molecule has 0 unspecified atom stereocenters. The summed E-state index contributed by atoms with van der Waals surface area (Å²) >= 11 is 1.62. The monoisotopic (exact) mass is 456 g/mol. The number of carbonyl (C=O) groups is 1. The normalized spacial score (nSPS) is 25.2. The van der Waals surface area contributed by atoms with Crippen molar-refractivity contribution in [2.45, 2.75) is 89.0 Å². The summed E-state index contributed by atoms with van der Waals surface area (Å²) in [5, 5.41) is 8.65. The van der Waals surface area contributed by atoms with Gasteiger partial charge in [-0.05, 0) is 96.2 Å². The van der Waals surface area contributed by atoms with Crippen LogP contribution in [0.4, 0.5) is 0 Å². The number of nitrogens with one attached hydrogen (secondary N) is 1. The minimum absolute atomic E-state index is 0.150. The second kappa shape index (κ2) is 10.0. The number of nitrogens with zero attached hydrogens (tertiary/aromatic N) is 3. The average molecular weight is 457 g/mol. The molecule has 0 radical (unpaired) electrons. The van der Waals surface area contributed by atoms with Gasteiger partial charge in [0.2, 0.25) is 5.91 Å². The first kappa shape index (κ1) is 22.1. The van der Waals surface area contributed by atoms with Crippen molar-refractivity contribution < 1.29 is 9.32 Å². The topological polar surface area (TPSA) is 71.3 Å². The van der Waals surface area contributed by atoms with Crippen molar-refractivity contribution in [2.75, 3.05) is 19.6 Å². The highest BCUT2D eigenvalue weighted by atomic mass is 32.1. The molecule has 3 fully saturated rings. The van der Waals surface area contributed by atoms with E-state index in [2.05, 4.69) is 20.4 Å². The van der Waals surface area contributed by atoms with Crippen molar-refractivity contribution in [3.05, 3.63) is 33.6 Å². The van der Waals surface area contributed by atoms with Gasteiger partial charge in [-0.3, -0.25) is 4.79 Å². The first-order valence-electron chi connectivity index (χ1n) is 12.5. The van der Waals surface area contributed by atoms with Crippen LogP contribution < -0.4 is 5.32 Å². The zero-order chi connectivity index (χ0) is 21.9. The Morgan fingerprint density at radius 2 is 1.91 bits per heavy atom. The van der Waals surface area contributed by atoms with Crippen LogP contribution >= 0.6 is 11.3 Å². The number of piperidine rings is 1. The minimum Gasteiger partial charge on any atom is -0.364 e. The van der Waals surface area contributed by atoms with Crippen LogP contribution in [0.3, 0.4) is 0 Å². The molecule has 1 saturated heterocycles. The fourth-order valence-corrected chi connectivity index (χ4v) is 6.37. The molecule has 1 amide bonds. The van der Waals surface area contributed by atoms with Crippen molar-refractivity contribution in [2.24, 2.45) is 5.92 Å². The van der Waals surface area contributed by atoms with Crippen LogP contribution in [0.15, 0.2) is 17.0 Å². The average Bonchev–Trinajstić information content (AvgIpc) is 3.38. The molecule has 6 nitrogen and oxygen atoms in total. The van der Waals surface area contributed by atoms with Crippen molar-refractivity contribution in [3.8, 4) is 0 Å². The molecule has 3 aliphatic rings. The van der Waals surface area contributed by atoms with Gasteiger partial charge in [0.25, 0.3) is 0 Å². The summed E-state index contributed by atoms with van der Waals surface area (Å²) in [7, 11) is 0. The van der Waals surface area contributed by atoms with E-state index in [1.54, 1.807) is 11.3 Å². The lowest BCUT2D eigenvalue weighted by atomic mass is 9.83. The Morgan fingerprint density at radius 1 is 1.12 bits per heavy atom. The van der Waals surface area contributed by atoms with E-state index >= 15 is 0 Å². The number of hydrogen-bond donors (Lipinski definition) is 1. The number of thiazole rings is 1. The predicted molar refractivity (Wildman–Crippen MR) is 126 cm³/mol. The molecule has 3 heterocycles. The van der Waals surface area contributed by atoms with Gasteiger partial charge < -0.3 is 14.7 Å². The first-order valence-corrected chi connectivity index (χ1v) is 13.3. The lowest BCUT2D eigenvalue weighted by Gasteiger charge is -2.34. The van der Waals surface area contributed by atoms with Crippen molar-refractivity contribution in [3.63, 3.8) is 0 Å². The molecule has 0 spiro atoms. The van der Waals surface area contributed by atoms with Gasteiger partial charge in [0.15, 0.2) is 0 Å². The van der Waals surface area contributed by atoms with E-state index in [1.165, 1.54) is 75.8 Å². The largest absolute Gasteiger partial charge is 0.364 e. The number of aromatic nitrogens is 2. The second-order valence-electron chi connectivity index (χ2n) is 10.1.